The van der Waals surface area contributed by atoms with Gasteiger partial charge in [-0.3, -0.25) is 4.79 Å². The molecular weight excluding hydrogens is 264 g/mol. The predicted molar refractivity (Wildman–Crippen MR) is 83.9 cm³/mol. The molecule has 0 bridgehead atoms. The van der Waals surface area contributed by atoms with Crippen molar-refractivity contribution in [1.82, 2.24) is 4.90 Å². The van der Waals surface area contributed by atoms with Crippen LogP contribution in [0.4, 0.5) is 0 Å². The number of hydrogen-bond acceptors (Lipinski definition) is 3. The van der Waals surface area contributed by atoms with Crippen LogP contribution in [0, 0.1) is 16.7 Å². The lowest BCUT2D eigenvalue weighted by atomic mass is 9.78. The van der Waals surface area contributed by atoms with Crippen LogP contribution in [-0.4, -0.2) is 35.1 Å². The van der Waals surface area contributed by atoms with Gasteiger partial charge in [-0.2, -0.15) is 5.26 Å². The molecule has 0 amide bonds. The van der Waals surface area contributed by atoms with Crippen LogP contribution >= 0.6 is 0 Å². The van der Waals surface area contributed by atoms with E-state index in [1.54, 1.807) is 0 Å². The Hall–Kier alpha value is -1.08. The first-order valence-corrected chi connectivity index (χ1v) is 8.16. The van der Waals surface area contributed by atoms with Gasteiger partial charge in [0.1, 0.15) is 0 Å². The quantitative estimate of drug-likeness (QED) is 0.691. The summed E-state index contributed by atoms with van der Waals surface area (Å²) in [7, 11) is 2.07. The summed E-state index contributed by atoms with van der Waals surface area (Å²) in [6.07, 6.45) is 8.72. The molecule has 0 heterocycles. The number of carboxylic acids is 1. The van der Waals surface area contributed by atoms with Gasteiger partial charge in [0.2, 0.25) is 0 Å². The fourth-order valence-electron chi connectivity index (χ4n) is 3.39. The Bertz CT molecular complexity index is 379. The van der Waals surface area contributed by atoms with E-state index >= 15 is 0 Å². The lowest BCUT2D eigenvalue weighted by Gasteiger charge is -2.44. The number of nitrogens with zero attached hydrogens (tertiary/aromatic N) is 2. The SMILES string of the molecule is CN(CCCCC(C)(C)C#N)C1(CC(=O)O)CCCCC1. The van der Waals surface area contributed by atoms with Crippen LogP contribution < -0.4 is 0 Å². The fourth-order valence-corrected chi connectivity index (χ4v) is 3.39. The van der Waals surface area contributed by atoms with Crippen LogP contribution in [0.25, 0.3) is 0 Å². The highest BCUT2D eigenvalue weighted by Gasteiger charge is 2.37. The van der Waals surface area contributed by atoms with E-state index in [4.69, 9.17) is 5.26 Å². The zero-order valence-corrected chi connectivity index (χ0v) is 13.8. The summed E-state index contributed by atoms with van der Waals surface area (Å²) in [4.78, 5) is 13.5. The van der Waals surface area contributed by atoms with Crippen molar-refractivity contribution in [2.75, 3.05) is 13.6 Å². The monoisotopic (exact) mass is 294 g/mol. The number of unbranched alkanes of at least 4 members (excludes halogenated alkanes) is 1. The maximum absolute atomic E-state index is 11.2. The summed E-state index contributed by atoms with van der Waals surface area (Å²) < 4.78 is 0. The highest BCUT2D eigenvalue weighted by Crippen LogP contribution is 2.36. The summed E-state index contributed by atoms with van der Waals surface area (Å²) in [6, 6.07) is 2.34. The van der Waals surface area contributed by atoms with Gasteiger partial charge in [-0.25, -0.2) is 0 Å². The van der Waals surface area contributed by atoms with Crippen LogP contribution in [0.5, 0.6) is 0 Å². The van der Waals surface area contributed by atoms with Crippen molar-refractivity contribution in [3.63, 3.8) is 0 Å². The average Bonchev–Trinajstić information content (AvgIpc) is 2.43. The number of carbonyl (C=O) groups is 1. The smallest absolute Gasteiger partial charge is 0.305 e. The molecule has 1 aliphatic rings. The zero-order valence-electron chi connectivity index (χ0n) is 13.8. The predicted octanol–water partition coefficient (Wildman–Crippen LogP) is 3.82. The molecule has 0 aromatic rings. The van der Waals surface area contributed by atoms with Crippen molar-refractivity contribution >= 4 is 5.97 Å². The lowest BCUT2D eigenvalue weighted by Crippen LogP contribution is -2.49. The Labute approximate surface area is 129 Å². The molecule has 0 aromatic heterocycles. The second-order valence-corrected chi connectivity index (χ2v) is 7.23. The first kappa shape index (κ1) is 18.0. The Morgan fingerprint density at radius 3 is 2.43 bits per heavy atom. The molecule has 1 fully saturated rings. The number of rotatable bonds is 8. The summed E-state index contributed by atoms with van der Waals surface area (Å²) in [6.45, 7) is 4.88. The second kappa shape index (κ2) is 7.79. The molecule has 0 radical (unpaired) electrons. The Morgan fingerprint density at radius 2 is 1.90 bits per heavy atom. The van der Waals surface area contributed by atoms with Gasteiger partial charge in [0.05, 0.1) is 17.9 Å². The molecule has 120 valence electrons. The minimum atomic E-state index is -0.686. The van der Waals surface area contributed by atoms with E-state index in [1.807, 2.05) is 13.8 Å². The summed E-state index contributed by atoms with van der Waals surface area (Å²) in [5.41, 5.74) is -0.392. The van der Waals surface area contributed by atoms with Crippen molar-refractivity contribution in [1.29, 1.82) is 5.26 Å². The standard InChI is InChI=1S/C17H30N2O2/c1-16(2,14-18)9-7-8-12-19(3)17(13-15(20)21)10-5-4-6-11-17/h4-13H2,1-3H3,(H,20,21). The molecular formula is C17H30N2O2. The second-order valence-electron chi connectivity index (χ2n) is 7.23. The van der Waals surface area contributed by atoms with E-state index in [2.05, 4.69) is 18.0 Å². The largest absolute Gasteiger partial charge is 0.481 e. The molecule has 1 N–H and O–H groups in total. The number of nitriles is 1. The van der Waals surface area contributed by atoms with Crippen molar-refractivity contribution < 1.29 is 9.90 Å². The van der Waals surface area contributed by atoms with Gasteiger partial charge in [-0.15, -0.1) is 0 Å². The van der Waals surface area contributed by atoms with Crippen molar-refractivity contribution in [2.24, 2.45) is 5.41 Å². The van der Waals surface area contributed by atoms with E-state index in [-0.39, 0.29) is 17.4 Å². The van der Waals surface area contributed by atoms with Gasteiger partial charge in [-0.05, 0) is 53.1 Å². The third kappa shape index (κ3) is 5.67. The molecule has 4 nitrogen and oxygen atoms in total. The van der Waals surface area contributed by atoms with E-state index in [9.17, 15) is 9.90 Å². The van der Waals surface area contributed by atoms with Crippen LogP contribution in [0.1, 0.15) is 71.6 Å². The first-order chi connectivity index (χ1) is 9.81. The van der Waals surface area contributed by atoms with Crippen molar-refractivity contribution in [2.45, 2.75) is 77.2 Å². The van der Waals surface area contributed by atoms with Crippen LogP contribution in [-0.2, 0) is 4.79 Å². The van der Waals surface area contributed by atoms with Gasteiger partial charge < -0.3 is 10.0 Å². The molecule has 1 saturated carbocycles. The van der Waals surface area contributed by atoms with E-state index < -0.39 is 5.97 Å². The molecule has 0 spiro atoms. The maximum atomic E-state index is 11.2. The van der Waals surface area contributed by atoms with Crippen LogP contribution in [0.3, 0.4) is 0 Å². The molecule has 21 heavy (non-hydrogen) atoms. The fraction of sp³-hybridized carbons (Fsp3) is 0.882. The minimum absolute atomic E-state index is 0.144. The van der Waals surface area contributed by atoms with E-state index in [0.29, 0.717) is 0 Å². The Morgan fingerprint density at radius 1 is 1.29 bits per heavy atom. The number of aliphatic carboxylic acids is 1. The van der Waals surface area contributed by atoms with Gasteiger partial charge in [0.25, 0.3) is 0 Å². The van der Waals surface area contributed by atoms with Gasteiger partial charge in [0, 0.05) is 5.54 Å². The molecule has 0 unspecified atom stereocenters. The average molecular weight is 294 g/mol. The number of hydrogen-bond donors (Lipinski definition) is 1. The molecule has 0 aromatic carbocycles. The first-order valence-electron chi connectivity index (χ1n) is 8.16. The van der Waals surface area contributed by atoms with Crippen molar-refractivity contribution in [3.8, 4) is 6.07 Å². The molecule has 1 rings (SSSR count). The molecule has 4 heteroatoms. The maximum Gasteiger partial charge on any atom is 0.305 e. The normalized spacial score (nSPS) is 18.4. The highest BCUT2D eigenvalue weighted by molar-refractivity contribution is 5.68. The topological polar surface area (TPSA) is 64.3 Å². The number of carboxylic acid groups (broad SMARTS) is 1. The molecule has 1 aliphatic carbocycles. The van der Waals surface area contributed by atoms with E-state index in [0.717, 1.165) is 51.5 Å². The van der Waals surface area contributed by atoms with Crippen LogP contribution in [0.15, 0.2) is 0 Å². The zero-order chi connectivity index (χ0) is 15.9. The molecule has 0 saturated heterocycles. The van der Waals surface area contributed by atoms with Crippen molar-refractivity contribution in [3.05, 3.63) is 0 Å². The van der Waals surface area contributed by atoms with Gasteiger partial charge in [0.15, 0.2) is 0 Å². The van der Waals surface area contributed by atoms with Crippen LogP contribution in [0.2, 0.25) is 0 Å². The summed E-state index contributed by atoms with van der Waals surface area (Å²) >= 11 is 0. The molecule has 0 aliphatic heterocycles. The molecule has 0 atom stereocenters. The highest BCUT2D eigenvalue weighted by atomic mass is 16.4. The Balaban J connectivity index is 2.48. The van der Waals surface area contributed by atoms with E-state index in [1.165, 1.54) is 6.42 Å². The summed E-state index contributed by atoms with van der Waals surface area (Å²) in [5, 5.41) is 18.2. The third-order valence-corrected chi connectivity index (χ3v) is 4.92. The Kier molecular flexibility index (Phi) is 6.67. The third-order valence-electron chi connectivity index (χ3n) is 4.92. The van der Waals surface area contributed by atoms with Gasteiger partial charge >= 0.3 is 5.97 Å². The minimum Gasteiger partial charge on any atom is -0.481 e. The summed E-state index contributed by atoms with van der Waals surface area (Å²) in [5.74, 6) is -0.686. The lowest BCUT2D eigenvalue weighted by molar-refractivity contribution is -0.141. The van der Waals surface area contributed by atoms with Gasteiger partial charge in [-0.1, -0.05) is 25.7 Å².